The summed E-state index contributed by atoms with van der Waals surface area (Å²) in [6.07, 6.45) is 1.42. The van der Waals surface area contributed by atoms with Crippen LogP contribution in [-0.4, -0.2) is 24.4 Å². The number of anilines is 2. The van der Waals surface area contributed by atoms with E-state index in [1.54, 1.807) is 24.3 Å². The number of halogens is 1. The van der Waals surface area contributed by atoms with E-state index in [0.717, 1.165) is 17.7 Å². The second-order valence-electron chi connectivity index (χ2n) is 6.13. The molecule has 0 radical (unpaired) electrons. The Labute approximate surface area is 169 Å². The molecule has 0 unspecified atom stereocenters. The standard InChI is InChI=1S/C21H23ClN2O4/c1-2-15-7-3-4-10-18(15)24-19(25)11-6-12-21(27)28-14-20(26)23-17-9-5-8-16(22)13-17/h3-5,7-10,13H,2,6,11-12,14H2,1H3,(H,23,26)(H,24,25). The molecule has 0 fully saturated rings. The quantitative estimate of drug-likeness (QED) is 0.616. The van der Waals surface area contributed by atoms with Crippen molar-refractivity contribution in [1.82, 2.24) is 0 Å². The van der Waals surface area contributed by atoms with Crippen LogP contribution < -0.4 is 10.6 Å². The van der Waals surface area contributed by atoms with Gasteiger partial charge in [-0.15, -0.1) is 0 Å². The lowest BCUT2D eigenvalue weighted by Gasteiger charge is -2.09. The van der Waals surface area contributed by atoms with Gasteiger partial charge in [0.25, 0.3) is 5.91 Å². The average Bonchev–Trinajstić information content (AvgIpc) is 2.67. The van der Waals surface area contributed by atoms with Crippen LogP contribution in [0.1, 0.15) is 31.7 Å². The van der Waals surface area contributed by atoms with Crippen molar-refractivity contribution in [3.63, 3.8) is 0 Å². The van der Waals surface area contributed by atoms with Gasteiger partial charge in [-0.25, -0.2) is 0 Å². The summed E-state index contributed by atoms with van der Waals surface area (Å²) in [6, 6.07) is 14.3. The fourth-order valence-electron chi connectivity index (χ4n) is 2.54. The molecule has 148 valence electrons. The summed E-state index contributed by atoms with van der Waals surface area (Å²) in [7, 11) is 0. The maximum absolute atomic E-state index is 12.0. The molecular formula is C21H23ClN2O4. The normalized spacial score (nSPS) is 10.2. The zero-order chi connectivity index (χ0) is 20.4. The predicted molar refractivity (Wildman–Crippen MR) is 109 cm³/mol. The van der Waals surface area contributed by atoms with Gasteiger partial charge in [0.1, 0.15) is 0 Å². The van der Waals surface area contributed by atoms with Gasteiger partial charge in [-0.05, 0) is 42.7 Å². The van der Waals surface area contributed by atoms with E-state index in [1.165, 1.54) is 0 Å². The third kappa shape index (κ3) is 7.40. The van der Waals surface area contributed by atoms with Crippen LogP contribution >= 0.6 is 11.6 Å². The van der Waals surface area contributed by atoms with Crippen molar-refractivity contribution in [1.29, 1.82) is 0 Å². The first-order valence-electron chi connectivity index (χ1n) is 9.06. The SMILES string of the molecule is CCc1ccccc1NC(=O)CCCC(=O)OCC(=O)Nc1cccc(Cl)c1. The minimum absolute atomic E-state index is 0.0628. The first-order chi connectivity index (χ1) is 13.5. The first kappa shape index (κ1) is 21.4. The Morgan fingerprint density at radius 1 is 0.964 bits per heavy atom. The molecule has 0 spiro atoms. The van der Waals surface area contributed by atoms with Gasteiger partial charge in [0, 0.05) is 29.2 Å². The predicted octanol–water partition coefficient (Wildman–Crippen LogP) is 4.19. The van der Waals surface area contributed by atoms with Gasteiger partial charge in [-0.1, -0.05) is 42.8 Å². The lowest BCUT2D eigenvalue weighted by molar-refractivity contribution is -0.147. The molecular weight excluding hydrogens is 380 g/mol. The van der Waals surface area contributed by atoms with Crippen molar-refractivity contribution >= 4 is 40.8 Å². The number of carbonyl (C=O) groups is 3. The van der Waals surface area contributed by atoms with E-state index in [0.29, 0.717) is 17.1 Å². The van der Waals surface area contributed by atoms with Crippen LogP contribution in [0.5, 0.6) is 0 Å². The molecule has 6 nitrogen and oxygen atoms in total. The number of amides is 2. The lowest BCUT2D eigenvalue weighted by atomic mass is 10.1. The molecule has 2 N–H and O–H groups in total. The number of aryl methyl sites for hydroxylation is 1. The van der Waals surface area contributed by atoms with Crippen molar-refractivity contribution < 1.29 is 19.1 Å². The number of ether oxygens (including phenoxy) is 1. The summed E-state index contributed by atoms with van der Waals surface area (Å²) in [4.78, 5) is 35.5. The zero-order valence-electron chi connectivity index (χ0n) is 15.7. The molecule has 2 aromatic carbocycles. The van der Waals surface area contributed by atoms with Gasteiger partial charge in [0.05, 0.1) is 0 Å². The zero-order valence-corrected chi connectivity index (χ0v) is 16.4. The summed E-state index contributed by atoms with van der Waals surface area (Å²) in [5, 5.41) is 5.93. The van der Waals surface area contributed by atoms with E-state index in [2.05, 4.69) is 10.6 Å². The molecule has 0 aromatic heterocycles. The molecule has 0 heterocycles. The number of para-hydroxylation sites is 1. The Balaban J connectivity index is 1.65. The van der Waals surface area contributed by atoms with Crippen LogP contribution in [0.4, 0.5) is 11.4 Å². The van der Waals surface area contributed by atoms with Gasteiger partial charge in [0.2, 0.25) is 5.91 Å². The fraction of sp³-hybridized carbons (Fsp3) is 0.286. The summed E-state index contributed by atoms with van der Waals surface area (Å²) < 4.78 is 4.93. The van der Waals surface area contributed by atoms with Crippen LogP contribution in [0.15, 0.2) is 48.5 Å². The molecule has 0 saturated carbocycles. The van der Waals surface area contributed by atoms with Crippen LogP contribution in [-0.2, 0) is 25.5 Å². The molecule has 0 saturated heterocycles. The molecule has 2 aromatic rings. The minimum atomic E-state index is -0.525. The average molecular weight is 403 g/mol. The monoisotopic (exact) mass is 402 g/mol. The largest absolute Gasteiger partial charge is 0.456 e. The molecule has 7 heteroatoms. The van der Waals surface area contributed by atoms with Crippen molar-refractivity contribution in [2.45, 2.75) is 32.6 Å². The van der Waals surface area contributed by atoms with Gasteiger partial charge in [-0.3, -0.25) is 14.4 Å². The third-order valence-corrected chi connectivity index (χ3v) is 4.16. The highest BCUT2D eigenvalue weighted by Crippen LogP contribution is 2.16. The molecule has 0 aliphatic heterocycles. The Bertz CT molecular complexity index is 839. The number of hydrogen-bond donors (Lipinski definition) is 2. The van der Waals surface area contributed by atoms with Crippen LogP contribution in [0, 0.1) is 0 Å². The molecule has 0 atom stereocenters. The van der Waals surface area contributed by atoms with E-state index < -0.39 is 11.9 Å². The number of benzene rings is 2. The van der Waals surface area contributed by atoms with Gasteiger partial charge in [0.15, 0.2) is 6.61 Å². The Morgan fingerprint density at radius 3 is 2.50 bits per heavy atom. The maximum Gasteiger partial charge on any atom is 0.306 e. The lowest BCUT2D eigenvalue weighted by Crippen LogP contribution is -2.21. The minimum Gasteiger partial charge on any atom is -0.456 e. The van der Waals surface area contributed by atoms with Crippen molar-refractivity contribution in [2.75, 3.05) is 17.2 Å². The van der Waals surface area contributed by atoms with E-state index in [-0.39, 0.29) is 25.4 Å². The summed E-state index contributed by atoms with van der Waals surface area (Å²) in [5.41, 5.74) is 2.37. The van der Waals surface area contributed by atoms with Gasteiger partial charge < -0.3 is 15.4 Å². The first-order valence-corrected chi connectivity index (χ1v) is 9.44. The van der Waals surface area contributed by atoms with Crippen molar-refractivity contribution in [3.8, 4) is 0 Å². The van der Waals surface area contributed by atoms with Crippen LogP contribution in [0.2, 0.25) is 5.02 Å². The summed E-state index contributed by atoms with van der Waals surface area (Å²) in [6.45, 7) is 1.63. The maximum atomic E-state index is 12.0. The highest BCUT2D eigenvalue weighted by atomic mass is 35.5. The van der Waals surface area contributed by atoms with Crippen molar-refractivity contribution in [3.05, 3.63) is 59.1 Å². The molecule has 28 heavy (non-hydrogen) atoms. The summed E-state index contributed by atoms with van der Waals surface area (Å²) >= 11 is 5.84. The van der Waals surface area contributed by atoms with E-state index in [4.69, 9.17) is 16.3 Å². The van der Waals surface area contributed by atoms with E-state index >= 15 is 0 Å². The van der Waals surface area contributed by atoms with Gasteiger partial charge >= 0.3 is 5.97 Å². The molecule has 0 aliphatic carbocycles. The van der Waals surface area contributed by atoms with E-state index in [9.17, 15) is 14.4 Å². The Hall–Kier alpha value is -2.86. The number of rotatable bonds is 9. The Morgan fingerprint density at radius 2 is 1.75 bits per heavy atom. The van der Waals surface area contributed by atoms with Gasteiger partial charge in [-0.2, -0.15) is 0 Å². The Kier molecular flexibility index (Phi) is 8.49. The molecule has 2 amide bonds. The smallest absolute Gasteiger partial charge is 0.306 e. The third-order valence-electron chi connectivity index (χ3n) is 3.93. The topological polar surface area (TPSA) is 84.5 Å². The van der Waals surface area contributed by atoms with Crippen molar-refractivity contribution in [2.24, 2.45) is 0 Å². The van der Waals surface area contributed by atoms with Crippen LogP contribution in [0.3, 0.4) is 0 Å². The number of esters is 1. The number of nitrogens with one attached hydrogen (secondary N) is 2. The molecule has 0 bridgehead atoms. The second-order valence-corrected chi connectivity index (χ2v) is 6.57. The molecule has 2 rings (SSSR count). The van der Waals surface area contributed by atoms with E-state index in [1.807, 2.05) is 31.2 Å². The summed E-state index contributed by atoms with van der Waals surface area (Å²) in [5.74, 6) is -1.14. The second kappa shape index (κ2) is 11.1. The highest BCUT2D eigenvalue weighted by molar-refractivity contribution is 6.30. The fourth-order valence-corrected chi connectivity index (χ4v) is 2.73. The number of carbonyl (C=O) groups excluding carboxylic acids is 3. The highest BCUT2D eigenvalue weighted by Gasteiger charge is 2.10. The van der Waals surface area contributed by atoms with Crippen LogP contribution in [0.25, 0.3) is 0 Å². The number of hydrogen-bond acceptors (Lipinski definition) is 4. The molecule has 0 aliphatic rings.